The van der Waals surface area contributed by atoms with Gasteiger partial charge in [0.05, 0.1) is 24.4 Å². The molecule has 0 heterocycles. The molecule has 0 radical (unpaired) electrons. The first-order chi connectivity index (χ1) is 12.9. The molecule has 2 aliphatic rings. The molecule has 8 atom stereocenters. The van der Waals surface area contributed by atoms with Crippen molar-refractivity contribution in [2.75, 3.05) is 42.7 Å². The van der Waals surface area contributed by atoms with Crippen LogP contribution in [0.4, 0.5) is 0 Å². The van der Waals surface area contributed by atoms with E-state index in [1.54, 1.807) is 42.7 Å². The highest BCUT2D eigenvalue weighted by Gasteiger charge is 2.54. The van der Waals surface area contributed by atoms with Crippen molar-refractivity contribution < 1.29 is 28.4 Å². The third-order valence-corrected chi connectivity index (χ3v) is 7.30. The number of hydrogen-bond donors (Lipinski definition) is 0. The highest BCUT2D eigenvalue weighted by molar-refractivity contribution is 5.03. The lowest BCUT2D eigenvalue weighted by molar-refractivity contribution is -0.204. The minimum atomic E-state index is -0.0624. The van der Waals surface area contributed by atoms with Gasteiger partial charge in [-0.1, -0.05) is 13.8 Å². The predicted octanol–water partition coefficient (Wildman–Crippen LogP) is 2.92. The van der Waals surface area contributed by atoms with Crippen molar-refractivity contribution in [1.29, 1.82) is 0 Å². The van der Waals surface area contributed by atoms with Crippen molar-refractivity contribution in [2.24, 2.45) is 17.3 Å². The molecular formula is C21H40O6. The van der Waals surface area contributed by atoms with Crippen LogP contribution in [0.1, 0.15) is 39.5 Å². The van der Waals surface area contributed by atoms with Gasteiger partial charge in [-0.25, -0.2) is 0 Å². The molecule has 6 nitrogen and oxygen atoms in total. The van der Waals surface area contributed by atoms with Crippen LogP contribution in [0, 0.1) is 17.3 Å². The fraction of sp³-hybridized carbons (Fsp3) is 1.00. The van der Waals surface area contributed by atoms with Gasteiger partial charge in [0.1, 0.15) is 12.2 Å². The van der Waals surface area contributed by atoms with E-state index >= 15 is 0 Å². The van der Waals surface area contributed by atoms with Gasteiger partial charge in [-0.3, -0.25) is 0 Å². The van der Waals surface area contributed by atoms with Crippen LogP contribution in [0.2, 0.25) is 0 Å². The molecule has 8 unspecified atom stereocenters. The van der Waals surface area contributed by atoms with E-state index in [0.29, 0.717) is 11.8 Å². The van der Waals surface area contributed by atoms with Crippen molar-refractivity contribution in [3.05, 3.63) is 0 Å². The van der Waals surface area contributed by atoms with Gasteiger partial charge in [-0.2, -0.15) is 0 Å². The molecule has 27 heavy (non-hydrogen) atoms. The molecular weight excluding hydrogens is 348 g/mol. The highest BCUT2D eigenvalue weighted by Crippen LogP contribution is 2.51. The van der Waals surface area contributed by atoms with Crippen molar-refractivity contribution >= 4 is 0 Å². The smallest absolute Gasteiger partial charge is 0.110 e. The Morgan fingerprint density at radius 2 is 0.815 bits per heavy atom. The summed E-state index contributed by atoms with van der Waals surface area (Å²) in [5.74, 6) is 0.691. The van der Waals surface area contributed by atoms with E-state index in [1.807, 2.05) is 0 Å². The fourth-order valence-electron chi connectivity index (χ4n) is 5.76. The first-order valence-corrected chi connectivity index (χ1v) is 10.1. The summed E-state index contributed by atoms with van der Waals surface area (Å²) in [7, 11) is 10.6. The summed E-state index contributed by atoms with van der Waals surface area (Å²) < 4.78 is 34.9. The van der Waals surface area contributed by atoms with Crippen LogP contribution in [0.25, 0.3) is 0 Å². The Morgan fingerprint density at radius 1 is 0.481 bits per heavy atom. The zero-order chi connectivity index (χ0) is 20.2. The zero-order valence-corrected chi connectivity index (χ0v) is 18.4. The maximum absolute atomic E-state index is 5.98. The summed E-state index contributed by atoms with van der Waals surface area (Å²) in [4.78, 5) is 0. The molecule has 6 heteroatoms. The van der Waals surface area contributed by atoms with E-state index in [-0.39, 0.29) is 42.0 Å². The van der Waals surface area contributed by atoms with Crippen LogP contribution in [0.15, 0.2) is 0 Å². The Hall–Kier alpha value is -0.240. The Bertz CT molecular complexity index is 404. The van der Waals surface area contributed by atoms with Crippen LogP contribution < -0.4 is 0 Å². The maximum atomic E-state index is 5.98. The Balaban J connectivity index is 2.29. The number of rotatable bonds is 8. The van der Waals surface area contributed by atoms with Crippen LogP contribution in [-0.4, -0.2) is 79.3 Å². The quantitative estimate of drug-likeness (QED) is 0.637. The SMILES string of the molecule is COC1CCC(C(C)(C)C2CCC(OC)C(OC)C2OC)C(OC)C1OC. The summed E-state index contributed by atoms with van der Waals surface area (Å²) in [6, 6.07) is 0. The summed E-state index contributed by atoms with van der Waals surface area (Å²) >= 11 is 0. The lowest BCUT2D eigenvalue weighted by atomic mass is 9.58. The average Bonchev–Trinajstić information content (AvgIpc) is 2.70. The standard InChI is InChI=1S/C21H40O6/c1-21(2,13-9-11-15(22-3)19(26-7)17(13)24-5)14-10-12-16(23-4)20(27-8)18(14)25-6/h13-20H,9-12H2,1-8H3. The molecule has 0 saturated heterocycles. The first-order valence-electron chi connectivity index (χ1n) is 10.1. The second-order valence-corrected chi connectivity index (χ2v) is 8.54. The molecule has 2 saturated carbocycles. The third kappa shape index (κ3) is 4.36. The average molecular weight is 389 g/mol. The normalized spacial score (nSPS) is 40.9. The summed E-state index contributed by atoms with van der Waals surface area (Å²) in [6.45, 7) is 4.69. The Kier molecular flexibility index (Phi) is 8.53. The van der Waals surface area contributed by atoms with E-state index in [0.717, 1.165) is 25.7 Å². The van der Waals surface area contributed by atoms with Gasteiger partial charge in [-0.05, 0) is 42.9 Å². The Labute approximate surface area is 165 Å². The molecule has 0 aromatic heterocycles. The molecule has 0 amide bonds. The van der Waals surface area contributed by atoms with E-state index in [2.05, 4.69) is 13.8 Å². The van der Waals surface area contributed by atoms with Gasteiger partial charge in [0, 0.05) is 42.7 Å². The van der Waals surface area contributed by atoms with E-state index in [1.165, 1.54) is 0 Å². The molecule has 0 aromatic rings. The van der Waals surface area contributed by atoms with Gasteiger partial charge < -0.3 is 28.4 Å². The van der Waals surface area contributed by atoms with Crippen LogP contribution in [0.3, 0.4) is 0 Å². The molecule has 2 fully saturated rings. The molecule has 2 rings (SSSR count). The molecule has 0 N–H and O–H groups in total. The molecule has 0 bridgehead atoms. The van der Waals surface area contributed by atoms with Gasteiger partial charge in [0.25, 0.3) is 0 Å². The largest absolute Gasteiger partial charge is 0.379 e. The molecule has 0 spiro atoms. The van der Waals surface area contributed by atoms with Gasteiger partial charge in [0.15, 0.2) is 0 Å². The molecule has 0 aliphatic heterocycles. The van der Waals surface area contributed by atoms with Crippen molar-refractivity contribution in [2.45, 2.75) is 76.2 Å². The monoisotopic (exact) mass is 388 g/mol. The fourth-order valence-corrected chi connectivity index (χ4v) is 5.76. The minimum absolute atomic E-state index is 0.00760. The van der Waals surface area contributed by atoms with Crippen molar-refractivity contribution in [1.82, 2.24) is 0 Å². The van der Waals surface area contributed by atoms with Crippen molar-refractivity contribution in [3.63, 3.8) is 0 Å². The van der Waals surface area contributed by atoms with Crippen LogP contribution in [0.5, 0.6) is 0 Å². The number of methoxy groups -OCH3 is 6. The summed E-state index contributed by atoms with van der Waals surface area (Å²) in [6.07, 6.45) is 4.03. The maximum Gasteiger partial charge on any atom is 0.110 e. The second-order valence-electron chi connectivity index (χ2n) is 8.54. The van der Waals surface area contributed by atoms with E-state index < -0.39 is 0 Å². The van der Waals surface area contributed by atoms with Gasteiger partial charge >= 0.3 is 0 Å². The van der Waals surface area contributed by atoms with Crippen molar-refractivity contribution in [3.8, 4) is 0 Å². The molecule has 2 aliphatic carbocycles. The first kappa shape index (κ1) is 23.0. The lowest BCUT2D eigenvalue weighted by Crippen LogP contribution is -2.59. The molecule has 0 aromatic carbocycles. The third-order valence-electron chi connectivity index (χ3n) is 7.30. The van der Waals surface area contributed by atoms with Gasteiger partial charge in [-0.15, -0.1) is 0 Å². The second kappa shape index (κ2) is 9.99. The minimum Gasteiger partial charge on any atom is -0.379 e. The predicted molar refractivity (Wildman–Crippen MR) is 104 cm³/mol. The molecule has 160 valence electrons. The van der Waals surface area contributed by atoms with E-state index in [4.69, 9.17) is 28.4 Å². The van der Waals surface area contributed by atoms with Crippen LogP contribution >= 0.6 is 0 Å². The Morgan fingerprint density at radius 3 is 1.07 bits per heavy atom. The topological polar surface area (TPSA) is 55.4 Å². The van der Waals surface area contributed by atoms with Gasteiger partial charge in [0.2, 0.25) is 0 Å². The van der Waals surface area contributed by atoms with E-state index in [9.17, 15) is 0 Å². The zero-order valence-electron chi connectivity index (χ0n) is 18.4. The number of hydrogen-bond acceptors (Lipinski definition) is 6. The number of ether oxygens (including phenoxy) is 6. The summed E-state index contributed by atoms with van der Waals surface area (Å²) in [5, 5.41) is 0. The summed E-state index contributed by atoms with van der Waals surface area (Å²) in [5.41, 5.74) is -0.00760. The highest BCUT2D eigenvalue weighted by atomic mass is 16.6. The lowest BCUT2D eigenvalue weighted by Gasteiger charge is -2.54. The van der Waals surface area contributed by atoms with Crippen LogP contribution in [-0.2, 0) is 28.4 Å².